The third kappa shape index (κ3) is 4.53. The zero-order valence-corrected chi connectivity index (χ0v) is 16.7. The van der Waals surface area contributed by atoms with E-state index in [4.69, 9.17) is 4.42 Å². The van der Waals surface area contributed by atoms with E-state index in [1.807, 2.05) is 12.1 Å². The van der Waals surface area contributed by atoms with Crippen LogP contribution in [-0.2, 0) is 21.5 Å². The van der Waals surface area contributed by atoms with Crippen LogP contribution < -0.4 is 10.6 Å². The Hall–Kier alpha value is -2.60. The SMILES string of the molecule is O=C(CC1C(=O)NCCN1Cc1ccoc1)NCC1(c2ccccc2)CCCC1. The highest BCUT2D eigenvalue weighted by atomic mass is 16.3. The summed E-state index contributed by atoms with van der Waals surface area (Å²) in [4.78, 5) is 27.3. The van der Waals surface area contributed by atoms with Crippen LogP contribution in [0.5, 0.6) is 0 Å². The van der Waals surface area contributed by atoms with Crippen molar-refractivity contribution in [3.05, 3.63) is 60.1 Å². The van der Waals surface area contributed by atoms with Crippen molar-refractivity contribution in [1.82, 2.24) is 15.5 Å². The molecule has 1 atom stereocenters. The number of benzene rings is 1. The van der Waals surface area contributed by atoms with Gasteiger partial charge in [0.1, 0.15) is 0 Å². The van der Waals surface area contributed by atoms with Crippen molar-refractivity contribution in [2.24, 2.45) is 0 Å². The van der Waals surface area contributed by atoms with Crippen molar-refractivity contribution in [1.29, 1.82) is 0 Å². The average Bonchev–Trinajstić information content (AvgIpc) is 3.43. The number of nitrogens with one attached hydrogen (secondary N) is 2. The topological polar surface area (TPSA) is 74.6 Å². The van der Waals surface area contributed by atoms with Gasteiger partial charge < -0.3 is 15.1 Å². The summed E-state index contributed by atoms with van der Waals surface area (Å²) in [6.07, 6.45) is 8.05. The molecule has 2 N–H and O–H groups in total. The first-order valence-corrected chi connectivity index (χ1v) is 10.5. The minimum Gasteiger partial charge on any atom is -0.472 e. The van der Waals surface area contributed by atoms with Crippen molar-refractivity contribution < 1.29 is 14.0 Å². The van der Waals surface area contributed by atoms with Crippen LogP contribution in [0.4, 0.5) is 0 Å². The lowest BCUT2D eigenvalue weighted by atomic mass is 9.79. The van der Waals surface area contributed by atoms with Crippen molar-refractivity contribution in [2.75, 3.05) is 19.6 Å². The molecule has 1 saturated heterocycles. The van der Waals surface area contributed by atoms with Crippen molar-refractivity contribution in [2.45, 2.75) is 50.1 Å². The maximum absolute atomic E-state index is 12.8. The normalized spacial score (nSPS) is 21.7. The van der Waals surface area contributed by atoms with E-state index in [0.29, 0.717) is 19.6 Å². The lowest BCUT2D eigenvalue weighted by Gasteiger charge is -2.35. The molecule has 1 aliphatic carbocycles. The van der Waals surface area contributed by atoms with Crippen LogP contribution in [-0.4, -0.2) is 42.4 Å². The molecule has 1 unspecified atom stereocenters. The standard InChI is InChI=1S/C23H29N3O3/c27-21(25-17-23(9-4-5-10-23)19-6-2-1-3-7-19)14-20-22(28)24-11-12-26(20)15-18-8-13-29-16-18/h1-3,6-8,13,16,20H,4-5,9-12,14-15,17H2,(H,24,28)(H,25,27). The van der Waals surface area contributed by atoms with Crippen LogP contribution in [0.3, 0.4) is 0 Å². The lowest BCUT2D eigenvalue weighted by Crippen LogP contribution is -2.56. The fourth-order valence-corrected chi connectivity index (χ4v) is 4.72. The lowest BCUT2D eigenvalue weighted by molar-refractivity contribution is -0.134. The number of furan rings is 1. The van der Waals surface area contributed by atoms with Crippen molar-refractivity contribution in [3.63, 3.8) is 0 Å². The minimum atomic E-state index is -0.449. The third-order valence-corrected chi connectivity index (χ3v) is 6.36. The fourth-order valence-electron chi connectivity index (χ4n) is 4.72. The van der Waals surface area contributed by atoms with Gasteiger partial charge in [0.05, 0.1) is 25.0 Å². The fraction of sp³-hybridized carbons (Fsp3) is 0.478. The van der Waals surface area contributed by atoms with Crippen molar-refractivity contribution >= 4 is 11.8 Å². The van der Waals surface area contributed by atoms with E-state index >= 15 is 0 Å². The second kappa shape index (κ2) is 8.82. The molecule has 0 radical (unpaired) electrons. The van der Waals surface area contributed by atoms with Crippen LogP contribution in [0.25, 0.3) is 0 Å². The Morgan fingerprint density at radius 3 is 2.72 bits per heavy atom. The van der Waals surface area contributed by atoms with Gasteiger partial charge in [-0.3, -0.25) is 14.5 Å². The van der Waals surface area contributed by atoms with Gasteiger partial charge in [-0.1, -0.05) is 43.2 Å². The predicted octanol–water partition coefficient (Wildman–Crippen LogP) is 2.60. The Kier molecular flexibility index (Phi) is 6.00. The molecule has 1 aromatic heterocycles. The second-order valence-corrected chi connectivity index (χ2v) is 8.24. The van der Waals surface area contributed by atoms with E-state index in [2.05, 4.69) is 39.8 Å². The molecule has 2 heterocycles. The van der Waals surface area contributed by atoms with Gasteiger partial charge in [-0.2, -0.15) is 0 Å². The van der Waals surface area contributed by atoms with Crippen LogP contribution in [0.15, 0.2) is 53.3 Å². The Morgan fingerprint density at radius 2 is 2.00 bits per heavy atom. The van der Waals surface area contributed by atoms with Crippen LogP contribution >= 0.6 is 0 Å². The summed E-state index contributed by atoms with van der Waals surface area (Å²) in [6.45, 7) is 2.57. The molecule has 29 heavy (non-hydrogen) atoms. The van der Waals surface area contributed by atoms with Gasteiger partial charge in [0, 0.05) is 37.2 Å². The van der Waals surface area contributed by atoms with E-state index in [0.717, 1.165) is 24.9 Å². The number of amides is 2. The second-order valence-electron chi connectivity index (χ2n) is 8.24. The van der Waals surface area contributed by atoms with E-state index in [1.54, 1.807) is 12.5 Å². The molecule has 1 saturated carbocycles. The summed E-state index contributed by atoms with van der Waals surface area (Å²) in [6, 6.07) is 11.9. The molecule has 0 bridgehead atoms. The summed E-state index contributed by atoms with van der Waals surface area (Å²) < 4.78 is 5.14. The molecule has 2 aliphatic rings. The molecule has 0 spiro atoms. The highest BCUT2D eigenvalue weighted by Gasteiger charge is 2.37. The van der Waals surface area contributed by atoms with E-state index in [9.17, 15) is 9.59 Å². The molecule has 4 rings (SSSR count). The average molecular weight is 396 g/mol. The van der Waals surface area contributed by atoms with Gasteiger partial charge >= 0.3 is 0 Å². The number of carbonyl (C=O) groups excluding carboxylic acids is 2. The monoisotopic (exact) mass is 395 g/mol. The quantitative estimate of drug-likeness (QED) is 0.756. The van der Waals surface area contributed by atoms with E-state index in [1.165, 1.54) is 18.4 Å². The largest absolute Gasteiger partial charge is 0.472 e. The zero-order chi connectivity index (χ0) is 20.1. The number of carbonyl (C=O) groups is 2. The zero-order valence-electron chi connectivity index (χ0n) is 16.7. The van der Waals surface area contributed by atoms with Gasteiger partial charge in [0.25, 0.3) is 0 Å². The Balaban J connectivity index is 1.39. The summed E-state index contributed by atoms with van der Waals surface area (Å²) >= 11 is 0. The molecule has 6 nitrogen and oxygen atoms in total. The van der Waals surface area contributed by atoms with Crippen molar-refractivity contribution in [3.8, 4) is 0 Å². The summed E-state index contributed by atoms with van der Waals surface area (Å²) in [5.74, 6) is -0.139. The Bertz CT molecular complexity index is 813. The van der Waals surface area contributed by atoms with Gasteiger partial charge in [-0.15, -0.1) is 0 Å². The highest BCUT2D eigenvalue weighted by molar-refractivity contribution is 5.88. The molecule has 154 valence electrons. The Morgan fingerprint density at radius 1 is 1.21 bits per heavy atom. The molecule has 2 fully saturated rings. The smallest absolute Gasteiger partial charge is 0.237 e. The molecule has 1 aliphatic heterocycles. The number of nitrogens with zero attached hydrogens (tertiary/aromatic N) is 1. The summed E-state index contributed by atoms with van der Waals surface area (Å²) in [5, 5.41) is 6.04. The number of hydrogen-bond acceptors (Lipinski definition) is 4. The number of hydrogen-bond donors (Lipinski definition) is 2. The van der Waals surface area contributed by atoms with E-state index in [-0.39, 0.29) is 23.7 Å². The Labute approximate surface area is 171 Å². The number of piperazine rings is 1. The molecule has 6 heteroatoms. The van der Waals surface area contributed by atoms with E-state index < -0.39 is 6.04 Å². The van der Waals surface area contributed by atoms with Gasteiger partial charge in [-0.05, 0) is 24.5 Å². The van der Waals surface area contributed by atoms with Gasteiger partial charge in [0.15, 0.2) is 0 Å². The molecular formula is C23H29N3O3. The minimum absolute atomic E-state index is 0.0161. The summed E-state index contributed by atoms with van der Waals surface area (Å²) in [5.41, 5.74) is 2.33. The molecule has 1 aromatic carbocycles. The molecular weight excluding hydrogens is 366 g/mol. The van der Waals surface area contributed by atoms with Gasteiger partial charge in [-0.25, -0.2) is 0 Å². The van der Waals surface area contributed by atoms with Crippen LogP contribution in [0, 0.1) is 0 Å². The first-order chi connectivity index (χ1) is 14.2. The molecule has 2 amide bonds. The highest BCUT2D eigenvalue weighted by Crippen LogP contribution is 2.40. The van der Waals surface area contributed by atoms with Crippen LogP contribution in [0.1, 0.15) is 43.2 Å². The maximum atomic E-state index is 12.8. The van der Waals surface area contributed by atoms with Gasteiger partial charge in [0.2, 0.25) is 11.8 Å². The number of rotatable bonds is 7. The maximum Gasteiger partial charge on any atom is 0.237 e. The summed E-state index contributed by atoms with van der Waals surface area (Å²) in [7, 11) is 0. The van der Waals surface area contributed by atoms with Crippen LogP contribution in [0.2, 0.25) is 0 Å². The molecule has 2 aromatic rings. The predicted molar refractivity (Wildman–Crippen MR) is 110 cm³/mol. The first-order valence-electron chi connectivity index (χ1n) is 10.5. The third-order valence-electron chi connectivity index (χ3n) is 6.36. The first kappa shape index (κ1) is 19.7.